The lowest BCUT2D eigenvalue weighted by molar-refractivity contribution is 0.0692. The van der Waals surface area contributed by atoms with Crippen LogP contribution >= 0.6 is 24.0 Å². The van der Waals surface area contributed by atoms with E-state index in [1.165, 1.54) is 0 Å². The van der Waals surface area contributed by atoms with Crippen LogP contribution in [0.15, 0.2) is 18.2 Å². The van der Waals surface area contributed by atoms with Crippen LogP contribution in [-0.4, -0.2) is 30.4 Å². The Balaban J connectivity index is 0.00000180. The fourth-order valence-electron chi connectivity index (χ4n) is 2.41. The Hall–Kier alpha value is -0.770. The summed E-state index contributed by atoms with van der Waals surface area (Å²) in [5, 5.41) is 0.672. The highest BCUT2D eigenvalue weighted by Gasteiger charge is 2.23. The van der Waals surface area contributed by atoms with Crippen LogP contribution in [0.3, 0.4) is 0 Å². The smallest absolute Gasteiger partial charge is 0.254 e. The normalized spacial score (nSPS) is 16.1. The number of nitrogens with two attached hydrogens (primary N) is 1. The highest BCUT2D eigenvalue weighted by atomic mass is 35.5. The molecule has 0 radical (unpaired) electrons. The molecule has 3 nitrogen and oxygen atoms in total. The van der Waals surface area contributed by atoms with Crippen molar-refractivity contribution in [2.45, 2.75) is 19.8 Å². The number of halogens is 2. The first-order valence-corrected chi connectivity index (χ1v) is 6.75. The predicted molar refractivity (Wildman–Crippen MR) is 81.1 cm³/mol. The van der Waals surface area contributed by atoms with Gasteiger partial charge in [-0.1, -0.05) is 11.6 Å². The largest absolute Gasteiger partial charge is 0.339 e. The number of carbonyl (C=O) groups excluding carboxylic acids is 1. The van der Waals surface area contributed by atoms with Crippen molar-refractivity contribution in [1.82, 2.24) is 4.90 Å². The van der Waals surface area contributed by atoms with E-state index in [1.807, 2.05) is 24.0 Å². The van der Waals surface area contributed by atoms with Crippen LogP contribution in [0.4, 0.5) is 0 Å². The van der Waals surface area contributed by atoms with Gasteiger partial charge in [0.25, 0.3) is 5.91 Å². The Labute approximate surface area is 125 Å². The van der Waals surface area contributed by atoms with Gasteiger partial charge in [-0.15, -0.1) is 12.4 Å². The lowest BCUT2D eigenvalue weighted by Gasteiger charge is -2.31. The van der Waals surface area contributed by atoms with Gasteiger partial charge in [0, 0.05) is 23.7 Å². The van der Waals surface area contributed by atoms with E-state index in [2.05, 4.69) is 0 Å². The zero-order valence-electron chi connectivity index (χ0n) is 11.1. The first-order chi connectivity index (χ1) is 8.61. The summed E-state index contributed by atoms with van der Waals surface area (Å²) in [5.41, 5.74) is 7.35. The highest BCUT2D eigenvalue weighted by molar-refractivity contribution is 6.30. The molecule has 1 aromatic rings. The summed E-state index contributed by atoms with van der Waals surface area (Å²) in [5.74, 6) is 0.681. The maximum absolute atomic E-state index is 12.4. The van der Waals surface area contributed by atoms with Crippen molar-refractivity contribution < 1.29 is 4.79 Å². The molecule has 1 aliphatic rings. The molecule has 1 fully saturated rings. The Morgan fingerprint density at radius 2 is 2.05 bits per heavy atom. The molecule has 0 aromatic heterocycles. The van der Waals surface area contributed by atoms with Gasteiger partial charge < -0.3 is 10.6 Å². The number of hydrogen-bond acceptors (Lipinski definition) is 2. The second-order valence-corrected chi connectivity index (χ2v) is 5.37. The Morgan fingerprint density at radius 1 is 1.42 bits per heavy atom. The van der Waals surface area contributed by atoms with Crippen molar-refractivity contribution in [2.75, 3.05) is 19.6 Å². The van der Waals surface area contributed by atoms with Gasteiger partial charge in [-0.05, 0) is 56.0 Å². The lowest BCUT2D eigenvalue weighted by atomic mass is 9.96. The molecule has 0 aliphatic carbocycles. The van der Waals surface area contributed by atoms with Crippen molar-refractivity contribution in [1.29, 1.82) is 0 Å². The Kier molecular flexibility index (Phi) is 6.11. The number of carbonyl (C=O) groups is 1. The molecule has 0 spiro atoms. The summed E-state index contributed by atoms with van der Waals surface area (Å²) < 4.78 is 0. The van der Waals surface area contributed by atoms with Crippen LogP contribution in [0.5, 0.6) is 0 Å². The van der Waals surface area contributed by atoms with Crippen LogP contribution in [0, 0.1) is 12.8 Å². The zero-order chi connectivity index (χ0) is 13.1. The summed E-state index contributed by atoms with van der Waals surface area (Å²) in [6.07, 6.45) is 2.02. The standard InChI is InChI=1S/C14H19ClN2O.ClH/c1-10-8-12(15)2-3-13(10)14(18)17-6-4-11(9-16)5-7-17;/h2-3,8,11H,4-7,9,16H2,1H3;1H. The average molecular weight is 303 g/mol. The van der Waals surface area contributed by atoms with E-state index in [4.69, 9.17) is 17.3 Å². The number of likely N-dealkylation sites (tertiary alicyclic amines) is 1. The third kappa shape index (κ3) is 3.85. The monoisotopic (exact) mass is 302 g/mol. The summed E-state index contributed by atoms with van der Waals surface area (Å²) >= 11 is 5.91. The summed E-state index contributed by atoms with van der Waals surface area (Å²) in [4.78, 5) is 14.3. The zero-order valence-corrected chi connectivity index (χ0v) is 12.6. The SMILES string of the molecule is Cc1cc(Cl)ccc1C(=O)N1CCC(CN)CC1.Cl. The van der Waals surface area contributed by atoms with E-state index in [1.54, 1.807) is 6.07 Å². The third-order valence-electron chi connectivity index (χ3n) is 3.65. The van der Waals surface area contributed by atoms with Crippen LogP contribution in [0.1, 0.15) is 28.8 Å². The van der Waals surface area contributed by atoms with Crippen molar-refractivity contribution in [3.63, 3.8) is 0 Å². The van der Waals surface area contributed by atoms with Gasteiger partial charge in [0.05, 0.1) is 0 Å². The topological polar surface area (TPSA) is 46.3 Å². The van der Waals surface area contributed by atoms with Gasteiger partial charge in [0.1, 0.15) is 0 Å². The van der Waals surface area contributed by atoms with Gasteiger partial charge in [0.2, 0.25) is 0 Å². The average Bonchev–Trinajstić information content (AvgIpc) is 2.38. The minimum Gasteiger partial charge on any atom is -0.339 e. The molecule has 2 rings (SSSR count). The van der Waals surface area contributed by atoms with E-state index in [9.17, 15) is 4.79 Å². The minimum atomic E-state index is 0. The molecule has 2 N–H and O–H groups in total. The maximum atomic E-state index is 12.4. The number of hydrogen-bond donors (Lipinski definition) is 1. The molecule has 106 valence electrons. The third-order valence-corrected chi connectivity index (χ3v) is 3.89. The fourth-order valence-corrected chi connectivity index (χ4v) is 2.64. The number of amides is 1. The van der Waals surface area contributed by atoms with Gasteiger partial charge in [0.15, 0.2) is 0 Å². The van der Waals surface area contributed by atoms with E-state index in [0.717, 1.165) is 43.6 Å². The van der Waals surface area contributed by atoms with Crippen molar-refractivity contribution in [3.8, 4) is 0 Å². The van der Waals surface area contributed by atoms with Gasteiger partial charge in [-0.25, -0.2) is 0 Å². The van der Waals surface area contributed by atoms with Crippen LogP contribution < -0.4 is 5.73 Å². The minimum absolute atomic E-state index is 0. The van der Waals surface area contributed by atoms with Crippen LogP contribution in [0.2, 0.25) is 5.02 Å². The summed E-state index contributed by atoms with van der Waals surface area (Å²) in [6.45, 7) is 4.26. The van der Waals surface area contributed by atoms with Crippen molar-refractivity contribution >= 4 is 29.9 Å². The first-order valence-electron chi connectivity index (χ1n) is 6.37. The quantitative estimate of drug-likeness (QED) is 0.913. The van der Waals surface area contributed by atoms with Gasteiger partial charge >= 0.3 is 0 Å². The molecule has 5 heteroatoms. The van der Waals surface area contributed by atoms with E-state index in [0.29, 0.717) is 10.9 Å². The molecule has 0 atom stereocenters. The van der Waals surface area contributed by atoms with Gasteiger partial charge in [-0.2, -0.15) is 0 Å². The summed E-state index contributed by atoms with van der Waals surface area (Å²) in [6, 6.07) is 5.42. The van der Waals surface area contributed by atoms with E-state index >= 15 is 0 Å². The molecule has 1 aliphatic heterocycles. The molecular weight excluding hydrogens is 283 g/mol. The molecule has 0 saturated carbocycles. The van der Waals surface area contributed by atoms with E-state index in [-0.39, 0.29) is 18.3 Å². The van der Waals surface area contributed by atoms with Crippen molar-refractivity contribution in [3.05, 3.63) is 34.3 Å². The molecule has 1 aromatic carbocycles. The maximum Gasteiger partial charge on any atom is 0.254 e. The molecule has 19 heavy (non-hydrogen) atoms. The first kappa shape index (κ1) is 16.3. The number of piperidine rings is 1. The number of benzene rings is 1. The van der Waals surface area contributed by atoms with Crippen molar-refractivity contribution in [2.24, 2.45) is 11.7 Å². The number of aryl methyl sites for hydroxylation is 1. The molecule has 1 amide bonds. The molecule has 0 bridgehead atoms. The Bertz CT molecular complexity index is 443. The van der Waals surface area contributed by atoms with E-state index < -0.39 is 0 Å². The van der Waals surface area contributed by atoms with Crippen LogP contribution in [0.25, 0.3) is 0 Å². The molecular formula is C14H20Cl2N2O. The highest BCUT2D eigenvalue weighted by Crippen LogP contribution is 2.21. The lowest BCUT2D eigenvalue weighted by Crippen LogP contribution is -2.40. The molecule has 0 unspecified atom stereocenters. The second-order valence-electron chi connectivity index (χ2n) is 4.93. The summed E-state index contributed by atoms with van der Waals surface area (Å²) in [7, 11) is 0. The molecule has 1 saturated heterocycles. The second kappa shape index (κ2) is 7.13. The number of rotatable bonds is 2. The Morgan fingerprint density at radius 3 is 2.58 bits per heavy atom. The molecule has 1 heterocycles. The van der Waals surface area contributed by atoms with Gasteiger partial charge in [-0.3, -0.25) is 4.79 Å². The predicted octanol–water partition coefficient (Wildman–Crippen LogP) is 2.88. The fraction of sp³-hybridized carbons (Fsp3) is 0.500. The number of nitrogens with zero attached hydrogens (tertiary/aromatic N) is 1. The van der Waals surface area contributed by atoms with Crippen LogP contribution in [-0.2, 0) is 0 Å².